The van der Waals surface area contributed by atoms with Crippen LogP contribution in [0.5, 0.6) is 0 Å². The van der Waals surface area contributed by atoms with E-state index in [0.717, 1.165) is 0 Å². The van der Waals surface area contributed by atoms with Gasteiger partial charge in [0, 0.05) is 19.1 Å². The molecule has 21 heavy (non-hydrogen) atoms. The molecule has 0 saturated carbocycles. The van der Waals surface area contributed by atoms with Crippen LogP contribution in [0.25, 0.3) is 0 Å². The molecule has 0 unspecified atom stereocenters. The van der Waals surface area contributed by atoms with Crippen LogP contribution in [0.3, 0.4) is 0 Å². The molecular formula is C14H18ClNO4S. The highest BCUT2D eigenvalue weighted by Crippen LogP contribution is 2.36. The average Bonchev–Trinajstić information content (AvgIpc) is 2.46. The first-order chi connectivity index (χ1) is 9.92. The quantitative estimate of drug-likeness (QED) is 0.778. The molecule has 0 N–H and O–H groups in total. The van der Waals surface area contributed by atoms with Crippen molar-refractivity contribution >= 4 is 33.1 Å². The summed E-state index contributed by atoms with van der Waals surface area (Å²) in [6.07, 6.45) is 1.78. The maximum Gasteiger partial charge on any atom is 0.236 e. The minimum absolute atomic E-state index is 0.0330. The van der Waals surface area contributed by atoms with Crippen molar-refractivity contribution in [3.8, 4) is 0 Å². The predicted octanol–water partition coefficient (Wildman–Crippen LogP) is 2.62. The molecule has 1 aliphatic carbocycles. The number of methoxy groups -OCH3 is 1. The van der Waals surface area contributed by atoms with E-state index in [-0.39, 0.29) is 18.3 Å². The van der Waals surface area contributed by atoms with Gasteiger partial charge in [0.1, 0.15) is 6.73 Å². The van der Waals surface area contributed by atoms with E-state index >= 15 is 0 Å². The summed E-state index contributed by atoms with van der Waals surface area (Å²) in [5.41, 5.74) is 1.65. The van der Waals surface area contributed by atoms with E-state index in [1.165, 1.54) is 11.4 Å². The van der Waals surface area contributed by atoms with Crippen molar-refractivity contribution in [2.75, 3.05) is 23.9 Å². The van der Waals surface area contributed by atoms with Gasteiger partial charge in [0.2, 0.25) is 10.0 Å². The van der Waals surface area contributed by atoms with E-state index in [0.29, 0.717) is 41.1 Å². The van der Waals surface area contributed by atoms with E-state index in [4.69, 9.17) is 16.3 Å². The van der Waals surface area contributed by atoms with E-state index in [2.05, 4.69) is 0 Å². The number of carbonyl (C=O) groups excluding carboxylic acids is 1. The Morgan fingerprint density at radius 3 is 2.67 bits per heavy atom. The second kappa shape index (κ2) is 6.34. The maximum atomic E-state index is 12.3. The molecule has 0 aliphatic heterocycles. The average molecular weight is 332 g/mol. The number of Topliss-reactive ketones (excluding diaryl/α,β-unsaturated/α-hetero) is 1. The third kappa shape index (κ3) is 3.07. The van der Waals surface area contributed by atoms with Crippen molar-refractivity contribution in [3.63, 3.8) is 0 Å². The lowest BCUT2D eigenvalue weighted by Crippen LogP contribution is -2.35. The van der Waals surface area contributed by atoms with Crippen LogP contribution in [-0.4, -0.2) is 33.8 Å². The smallest absolute Gasteiger partial charge is 0.236 e. The molecule has 0 radical (unpaired) electrons. The summed E-state index contributed by atoms with van der Waals surface area (Å²) in [5, 5.41) is 0.379. The number of anilines is 1. The van der Waals surface area contributed by atoms with Gasteiger partial charge in [0.25, 0.3) is 0 Å². The second-order valence-electron chi connectivity index (χ2n) is 4.86. The third-order valence-corrected chi connectivity index (χ3v) is 5.58. The van der Waals surface area contributed by atoms with Gasteiger partial charge in [-0.15, -0.1) is 0 Å². The number of carbonyl (C=O) groups is 1. The number of hydrogen-bond donors (Lipinski definition) is 0. The third-order valence-electron chi connectivity index (χ3n) is 3.56. The van der Waals surface area contributed by atoms with Crippen LogP contribution in [0.15, 0.2) is 12.1 Å². The van der Waals surface area contributed by atoms with Gasteiger partial charge in [-0.1, -0.05) is 11.6 Å². The number of sulfonamides is 1. The van der Waals surface area contributed by atoms with Crippen LogP contribution in [-0.2, 0) is 21.2 Å². The highest BCUT2D eigenvalue weighted by Gasteiger charge is 2.29. The molecule has 5 nitrogen and oxygen atoms in total. The van der Waals surface area contributed by atoms with Crippen molar-refractivity contribution in [2.24, 2.45) is 0 Å². The van der Waals surface area contributed by atoms with Crippen molar-refractivity contribution in [1.29, 1.82) is 0 Å². The molecule has 0 atom stereocenters. The first kappa shape index (κ1) is 16.3. The van der Waals surface area contributed by atoms with Gasteiger partial charge in [0.15, 0.2) is 5.78 Å². The summed E-state index contributed by atoms with van der Waals surface area (Å²) in [6, 6.07) is 3.22. The first-order valence-corrected chi connectivity index (χ1v) is 8.75. The van der Waals surface area contributed by atoms with Crippen LogP contribution in [0.1, 0.15) is 35.7 Å². The monoisotopic (exact) mass is 331 g/mol. The number of hydrogen-bond acceptors (Lipinski definition) is 4. The Morgan fingerprint density at radius 1 is 1.33 bits per heavy atom. The Kier molecular flexibility index (Phi) is 4.91. The highest BCUT2D eigenvalue weighted by atomic mass is 35.5. The molecule has 1 aliphatic rings. The molecule has 1 aromatic carbocycles. The summed E-state index contributed by atoms with van der Waals surface area (Å²) in [7, 11) is -2.05. The largest absolute Gasteiger partial charge is 0.363 e. The number of benzene rings is 1. The SMILES string of the molecule is CCS(=O)(=O)N(COC)c1ccc(Cl)c2c1CCCC2=O. The minimum Gasteiger partial charge on any atom is -0.363 e. The highest BCUT2D eigenvalue weighted by molar-refractivity contribution is 7.92. The molecule has 0 amide bonds. The van der Waals surface area contributed by atoms with E-state index in [9.17, 15) is 13.2 Å². The van der Waals surface area contributed by atoms with Crippen molar-refractivity contribution < 1.29 is 17.9 Å². The first-order valence-electron chi connectivity index (χ1n) is 6.76. The number of rotatable bonds is 5. The Labute approximate surface area is 129 Å². The number of nitrogens with zero attached hydrogens (tertiary/aromatic N) is 1. The summed E-state index contributed by atoms with van der Waals surface area (Å²) < 4.78 is 30.8. The number of fused-ring (bicyclic) bond motifs is 1. The number of ketones is 1. The van der Waals surface area contributed by atoms with Crippen molar-refractivity contribution in [3.05, 3.63) is 28.3 Å². The summed E-state index contributed by atoms with van der Waals surface area (Å²) in [4.78, 5) is 12.1. The van der Waals surface area contributed by atoms with Gasteiger partial charge in [-0.05, 0) is 37.5 Å². The summed E-state index contributed by atoms with van der Waals surface area (Å²) in [5.74, 6) is -0.0730. The molecular weight excluding hydrogens is 314 g/mol. The minimum atomic E-state index is -3.49. The molecule has 0 fully saturated rings. The zero-order valence-corrected chi connectivity index (χ0v) is 13.6. The molecule has 0 saturated heterocycles. The molecule has 116 valence electrons. The van der Waals surface area contributed by atoms with E-state index < -0.39 is 10.0 Å². The molecule has 2 rings (SSSR count). The van der Waals surface area contributed by atoms with Gasteiger partial charge in [-0.25, -0.2) is 12.7 Å². The van der Waals surface area contributed by atoms with E-state index in [1.807, 2.05) is 0 Å². The topological polar surface area (TPSA) is 63.7 Å². The van der Waals surface area contributed by atoms with Gasteiger partial charge in [-0.2, -0.15) is 0 Å². The Morgan fingerprint density at radius 2 is 2.05 bits per heavy atom. The van der Waals surface area contributed by atoms with Crippen LogP contribution in [0.4, 0.5) is 5.69 Å². The van der Waals surface area contributed by atoms with Crippen LogP contribution < -0.4 is 4.31 Å². The fourth-order valence-corrected chi connectivity index (χ4v) is 3.85. The van der Waals surface area contributed by atoms with Crippen LogP contribution >= 0.6 is 11.6 Å². The number of halogens is 1. The zero-order chi connectivity index (χ0) is 15.6. The second-order valence-corrected chi connectivity index (χ2v) is 7.45. The molecule has 0 aromatic heterocycles. The lowest BCUT2D eigenvalue weighted by Gasteiger charge is -2.28. The predicted molar refractivity (Wildman–Crippen MR) is 82.5 cm³/mol. The Bertz CT molecular complexity index is 657. The fourth-order valence-electron chi connectivity index (χ4n) is 2.52. The van der Waals surface area contributed by atoms with Gasteiger partial charge >= 0.3 is 0 Å². The molecule has 0 heterocycles. The molecule has 1 aromatic rings. The van der Waals surface area contributed by atoms with Crippen molar-refractivity contribution in [2.45, 2.75) is 26.2 Å². The number of ether oxygens (including phenoxy) is 1. The maximum absolute atomic E-state index is 12.3. The molecule has 7 heteroatoms. The Hall–Kier alpha value is -1.11. The lowest BCUT2D eigenvalue weighted by atomic mass is 9.89. The lowest BCUT2D eigenvalue weighted by molar-refractivity contribution is 0.0972. The fraction of sp³-hybridized carbons (Fsp3) is 0.500. The Balaban J connectivity index is 2.62. The normalized spacial score (nSPS) is 14.9. The summed E-state index contributed by atoms with van der Waals surface area (Å²) >= 11 is 6.12. The van der Waals surface area contributed by atoms with Gasteiger partial charge in [0.05, 0.1) is 16.5 Å². The van der Waals surface area contributed by atoms with Crippen LogP contribution in [0, 0.1) is 0 Å². The van der Waals surface area contributed by atoms with E-state index in [1.54, 1.807) is 19.1 Å². The standard InChI is InChI=1S/C14H18ClNO4S/c1-3-21(18,19)16(9-20-2)12-8-7-11(15)14-10(12)5-4-6-13(14)17/h7-8H,3-6,9H2,1-2H3. The summed E-state index contributed by atoms with van der Waals surface area (Å²) in [6.45, 7) is 1.49. The van der Waals surface area contributed by atoms with Crippen LogP contribution in [0.2, 0.25) is 5.02 Å². The van der Waals surface area contributed by atoms with Crippen molar-refractivity contribution in [1.82, 2.24) is 0 Å². The molecule has 0 spiro atoms. The van der Waals surface area contributed by atoms with Gasteiger partial charge in [-0.3, -0.25) is 4.79 Å². The molecule has 0 bridgehead atoms. The van der Waals surface area contributed by atoms with Gasteiger partial charge < -0.3 is 4.74 Å². The zero-order valence-electron chi connectivity index (χ0n) is 12.1.